The molecule has 0 saturated carbocycles. The topological polar surface area (TPSA) is 394 Å². The number of hydrogen-bond acceptors (Lipinski definition) is 22. The first-order valence-electron chi connectivity index (χ1n) is 14.9. The summed E-state index contributed by atoms with van der Waals surface area (Å²) in [5.74, 6) is 0. The molecule has 24 nitrogen and oxygen atoms in total. The molecule has 0 spiro atoms. The predicted octanol–water partition coefficient (Wildman–Crippen LogP) is -9.63. The van der Waals surface area contributed by atoms with Gasteiger partial charge in [-0.25, -0.2) is 4.57 Å². The van der Waals surface area contributed by atoms with Crippen molar-refractivity contribution in [2.24, 2.45) is 0 Å². The molecule has 0 bridgehead atoms. The number of phosphoric ester groups is 1. The van der Waals surface area contributed by atoms with E-state index in [1.165, 1.54) is 0 Å². The summed E-state index contributed by atoms with van der Waals surface area (Å²) in [6.45, 7) is -3.75. The van der Waals surface area contributed by atoms with Crippen LogP contribution in [0.1, 0.15) is 0 Å². The van der Waals surface area contributed by atoms with Crippen molar-refractivity contribution in [2.45, 2.75) is 123 Å². The average molecular weight is 747 g/mol. The van der Waals surface area contributed by atoms with Crippen molar-refractivity contribution in [1.29, 1.82) is 0 Å². The van der Waals surface area contributed by atoms with Gasteiger partial charge in [-0.1, -0.05) is 0 Å². The van der Waals surface area contributed by atoms with Crippen LogP contribution in [-0.2, 0) is 42.2 Å². The second-order valence-electron chi connectivity index (χ2n) is 11.7. The van der Waals surface area contributed by atoms with Crippen LogP contribution in [0.5, 0.6) is 0 Å². The molecule has 4 saturated heterocycles. The van der Waals surface area contributed by atoms with Crippen LogP contribution in [0.2, 0.25) is 0 Å². The lowest BCUT2D eigenvalue weighted by Gasteiger charge is -2.49. The molecule has 15 N–H and O–H groups in total. The fourth-order valence-corrected chi connectivity index (χ4v) is 6.00. The molecule has 1 unspecified atom stereocenters. The molecule has 4 fully saturated rings. The SMILES string of the molecule is O=P(O)(O)OC[C@H]1O[C@H](O[C@@H]2C(O)O[C@H](CO)[C@@H](O)[C@@H]2O)[C@@H](O[C@H]2O[C@H](CO)[C@@H](O)[C@H](O[C@H]3O[C@H](CO)[C@@H](O)[C@H](O)[C@@H]3O)[C@@H]2O)[C@@H](O)[C@@H]1O. The van der Waals surface area contributed by atoms with Gasteiger partial charge in [-0.05, 0) is 0 Å². The third-order valence-electron chi connectivity index (χ3n) is 8.44. The molecule has 288 valence electrons. The number of hydrogen-bond donors (Lipinski definition) is 15. The molecule has 0 aliphatic carbocycles. The lowest BCUT2D eigenvalue weighted by Crippen LogP contribution is -2.67. The molecule has 4 rings (SSSR count). The van der Waals surface area contributed by atoms with E-state index in [2.05, 4.69) is 4.52 Å². The molecule has 0 radical (unpaired) electrons. The van der Waals surface area contributed by atoms with E-state index in [-0.39, 0.29) is 0 Å². The maximum Gasteiger partial charge on any atom is 0.469 e. The van der Waals surface area contributed by atoms with Crippen molar-refractivity contribution < 1.29 is 118 Å². The smallest absolute Gasteiger partial charge is 0.394 e. The minimum atomic E-state index is -5.17. The molecule has 4 aliphatic rings. The Bertz CT molecular complexity index is 1080. The Balaban J connectivity index is 1.59. The van der Waals surface area contributed by atoms with E-state index in [0.29, 0.717) is 0 Å². The summed E-state index contributed by atoms with van der Waals surface area (Å²) in [5, 5.41) is 134. The Morgan fingerprint density at radius 3 is 1.45 bits per heavy atom. The number of rotatable bonds is 12. The summed E-state index contributed by atoms with van der Waals surface area (Å²) < 4.78 is 53.5. The van der Waals surface area contributed by atoms with Gasteiger partial charge in [0.15, 0.2) is 25.2 Å². The third kappa shape index (κ3) is 9.10. The summed E-state index contributed by atoms with van der Waals surface area (Å²) in [7, 11) is -5.17. The Hall–Kier alpha value is -0.690. The zero-order chi connectivity index (χ0) is 36.5. The first-order chi connectivity index (χ1) is 22.9. The summed E-state index contributed by atoms with van der Waals surface area (Å²) in [6.07, 6.45) is -38.5. The molecule has 4 aliphatic heterocycles. The lowest BCUT2D eigenvalue weighted by atomic mass is 9.96. The Labute approximate surface area is 275 Å². The molecule has 0 amide bonds. The van der Waals surface area contributed by atoms with Gasteiger partial charge in [0.2, 0.25) is 0 Å². The van der Waals surface area contributed by atoms with Gasteiger partial charge in [-0.15, -0.1) is 0 Å². The molecule has 4 heterocycles. The highest BCUT2D eigenvalue weighted by Crippen LogP contribution is 2.38. The Morgan fingerprint density at radius 1 is 0.449 bits per heavy atom. The van der Waals surface area contributed by atoms with Crippen LogP contribution in [0.15, 0.2) is 0 Å². The number of ether oxygens (including phenoxy) is 7. The van der Waals surface area contributed by atoms with Crippen molar-refractivity contribution in [3.05, 3.63) is 0 Å². The Kier molecular flexibility index (Phi) is 14.2. The van der Waals surface area contributed by atoms with Crippen molar-refractivity contribution in [3.63, 3.8) is 0 Å². The van der Waals surface area contributed by atoms with Crippen LogP contribution in [0.3, 0.4) is 0 Å². The van der Waals surface area contributed by atoms with E-state index in [0.717, 1.165) is 0 Å². The van der Waals surface area contributed by atoms with Crippen molar-refractivity contribution in [1.82, 2.24) is 0 Å². The summed E-state index contributed by atoms with van der Waals surface area (Å²) in [4.78, 5) is 18.2. The normalized spacial score (nSPS) is 49.9. The predicted molar refractivity (Wildman–Crippen MR) is 145 cm³/mol. The van der Waals surface area contributed by atoms with Crippen LogP contribution >= 0.6 is 7.82 Å². The average Bonchev–Trinajstić information content (AvgIpc) is 3.05. The van der Waals surface area contributed by atoms with Crippen LogP contribution in [-0.4, -0.2) is 225 Å². The van der Waals surface area contributed by atoms with Gasteiger partial charge in [0.1, 0.15) is 97.7 Å². The third-order valence-corrected chi connectivity index (χ3v) is 8.92. The maximum atomic E-state index is 11.3. The second-order valence-corrected chi connectivity index (χ2v) is 13.0. The monoisotopic (exact) mass is 746 g/mol. The molecule has 0 aromatic rings. The molecule has 0 aromatic heterocycles. The minimum absolute atomic E-state index is 0.846. The minimum Gasteiger partial charge on any atom is -0.394 e. The van der Waals surface area contributed by atoms with Crippen LogP contribution < -0.4 is 0 Å². The molecular formula is C24H43O24P. The van der Waals surface area contributed by atoms with Crippen molar-refractivity contribution >= 4 is 7.82 Å². The van der Waals surface area contributed by atoms with E-state index in [1.54, 1.807) is 0 Å². The van der Waals surface area contributed by atoms with Crippen LogP contribution in [0.4, 0.5) is 0 Å². The van der Waals surface area contributed by atoms with Crippen LogP contribution in [0, 0.1) is 0 Å². The van der Waals surface area contributed by atoms with E-state index >= 15 is 0 Å². The number of aliphatic hydroxyl groups excluding tert-OH is 13. The first-order valence-corrected chi connectivity index (χ1v) is 16.4. The summed E-state index contributed by atoms with van der Waals surface area (Å²) in [6, 6.07) is 0. The molecular weight excluding hydrogens is 703 g/mol. The maximum absolute atomic E-state index is 11.3. The summed E-state index contributed by atoms with van der Waals surface area (Å²) in [5.41, 5.74) is 0. The zero-order valence-corrected chi connectivity index (χ0v) is 26.1. The lowest BCUT2D eigenvalue weighted by molar-refractivity contribution is -0.399. The van der Waals surface area contributed by atoms with E-state index in [1.807, 2.05) is 0 Å². The van der Waals surface area contributed by atoms with Crippen molar-refractivity contribution in [2.75, 3.05) is 26.4 Å². The molecule has 49 heavy (non-hydrogen) atoms. The van der Waals surface area contributed by atoms with E-state index in [4.69, 9.17) is 42.9 Å². The zero-order valence-electron chi connectivity index (χ0n) is 25.2. The van der Waals surface area contributed by atoms with Crippen LogP contribution in [0.25, 0.3) is 0 Å². The summed E-state index contributed by atoms with van der Waals surface area (Å²) >= 11 is 0. The van der Waals surface area contributed by atoms with E-state index in [9.17, 15) is 70.9 Å². The van der Waals surface area contributed by atoms with Gasteiger partial charge in [-0.2, -0.15) is 0 Å². The van der Waals surface area contributed by atoms with Gasteiger partial charge in [0.25, 0.3) is 0 Å². The quantitative estimate of drug-likeness (QED) is 0.0824. The second kappa shape index (κ2) is 17.0. The molecule has 20 atom stereocenters. The van der Waals surface area contributed by atoms with Gasteiger partial charge >= 0.3 is 7.82 Å². The fourth-order valence-electron chi connectivity index (χ4n) is 5.66. The first kappa shape index (κ1) is 41.1. The highest BCUT2D eigenvalue weighted by molar-refractivity contribution is 7.46. The van der Waals surface area contributed by atoms with Gasteiger partial charge in [-0.3, -0.25) is 4.52 Å². The highest BCUT2D eigenvalue weighted by atomic mass is 31.2. The van der Waals surface area contributed by atoms with E-state index < -0.39 is 157 Å². The Morgan fingerprint density at radius 2 is 0.878 bits per heavy atom. The number of phosphoric acid groups is 1. The van der Waals surface area contributed by atoms with Crippen molar-refractivity contribution in [3.8, 4) is 0 Å². The molecule has 0 aromatic carbocycles. The van der Waals surface area contributed by atoms with Gasteiger partial charge in [0.05, 0.1) is 26.4 Å². The standard InChI is InChI=1S/C24H43O24P/c25-1-5-10(29)14(33)19(21(37)42-5)47-24-20(15(34)11(30)8(45-24)4-41-49(38,39)40)48-23-17(36)18(12(31)7(3-27)44-23)46-22-16(35)13(32)9(28)6(2-26)43-22/h5-37H,1-4H2,(H2,38,39,40)/t5-,6-,7-,8-,9-,10-,11-,12-,13+,14+,15+,16+,17+,18+,19+,20+,21?,22-,23-,24-/m1/s1. The fraction of sp³-hybridized carbons (Fsp3) is 1.00. The largest absolute Gasteiger partial charge is 0.469 e. The highest BCUT2D eigenvalue weighted by Gasteiger charge is 2.55. The van der Waals surface area contributed by atoms with Gasteiger partial charge in [0, 0.05) is 0 Å². The molecule has 25 heteroatoms. The van der Waals surface area contributed by atoms with Gasteiger partial charge < -0.3 is 109 Å². The number of aliphatic hydroxyl groups is 13.